The van der Waals surface area contributed by atoms with Crippen LogP contribution in [-0.2, 0) is 9.53 Å². The van der Waals surface area contributed by atoms with Gasteiger partial charge in [0.2, 0.25) is 0 Å². The molecule has 1 heterocycles. The van der Waals surface area contributed by atoms with Crippen molar-refractivity contribution >= 4 is 17.3 Å². The van der Waals surface area contributed by atoms with E-state index >= 15 is 0 Å². The number of esters is 1. The maximum atomic E-state index is 11.8. The van der Waals surface area contributed by atoms with Gasteiger partial charge >= 0.3 is 5.97 Å². The van der Waals surface area contributed by atoms with Crippen molar-refractivity contribution in [1.29, 1.82) is 0 Å². The van der Waals surface area contributed by atoms with Crippen LogP contribution in [0.25, 0.3) is 0 Å². The summed E-state index contributed by atoms with van der Waals surface area (Å²) in [5, 5.41) is 3.24. The Hall–Kier alpha value is -1.71. The van der Waals surface area contributed by atoms with Crippen molar-refractivity contribution in [2.45, 2.75) is 39.2 Å². The summed E-state index contributed by atoms with van der Waals surface area (Å²) in [4.78, 5) is 14.2. The van der Waals surface area contributed by atoms with E-state index in [9.17, 15) is 4.79 Å². The second kappa shape index (κ2) is 7.17. The summed E-state index contributed by atoms with van der Waals surface area (Å²) in [6.07, 6.45) is 3.27. The third-order valence-electron chi connectivity index (χ3n) is 3.66. The second-order valence-corrected chi connectivity index (χ2v) is 5.10. The first-order chi connectivity index (χ1) is 9.74. The molecule has 0 radical (unpaired) electrons. The van der Waals surface area contributed by atoms with Gasteiger partial charge in [-0.2, -0.15) is 0 Å². The molecule has 1 aromatic carbocycles. The van der Waals surface area contributed by atoms with Crippen LogP contribution < -0.4 is 10.2 Å². The van der Waals surface area contributed by atoms with Gasteiger partial charge < -0.3 is 15.0 Å². The van der Waals surface area contributed by atoms with Crippen LogP contribution in [0.1, 0.15) is 33.1 Å². The first-order valence-electron chi connectivity index (χ1n) is 7.52. The molecule has 1 fully saturated rings. The van der Waals surface area contributed by atoms with Crippen LogP contribution in [0, 0.1) is 0 Å². The highest BCUT2D eigenvalue weighted by molar-refractivity contribution is 5.79. The van der Waals surface area contributed by atoms with E-state index in [0.29, 0.717) is 13.0 Å². The maximum absolute atomic E-state index is 11.8. The van der Waals surface area contributed by atoms with Crippen molar-refractivity contribution in [2.24, 2.45) is 0 Å². The van der Waals surface area contributed by atoms with E-state index in [1.165, 1.54) is 18.5 Å². The van der Waals surface area contributed by atoms with Crippen LogP contribution in [0.4, 0.5) is 11.4 Å². The molecule has 1 atom stereocenters. The molecule has 4 nitrogen and oxygen atoms in total. The summed E-state index contributed by atoms with van der Waals surface area (Å²) in [5.41, 5.74) is 2.23. The zero-order valence-electron chi connectivity index (χ0n) is 12.4. The average Bonchev–Trinajstić information content (AvgIpc) is 3.00. The Balaban J connectivity index is 1.96. The van der Waals surface area contributed by atoms with Gasteiger partial charge in [-0.3, -0.25) is 0 Å². The van der Waals surface area contributed by atoms with E-state index in [-0.39, 0.29) is 12.0 Å². The molecule has 4 heteroatoms. The first-order valence-corrected chi connectivity index (χ1v) is 7.52. The SMILES string of the molecule is CCOC(=O)C(CC)Nc1ccc(N2CCCC2)cc1. The highest BCUT2D eigenvalue weighted by atomic mass is 16.5. The molecule has 1 aliphatic heterocycles. The van der Waals surface area contributed by atoms with Crippen LogP contribution in [-0.4, -0.2) is 31.7 Å². The number of ether oxygens (including phenoxy) is 1. The summed E-state index contributed by atoms with van der Waals surface area (Å²) in [6, 6.07) is 8.04. The van der Waals surface area contributed by atoms with Crippen molar-refractivity contribution in [3.8, 4) is 0 Å². The number of benzene rings is 1. The molecule has 1 aromatic rings. The normalized spacial score (nSPS) is 16.0. The van der Waals surface area contributed by atoms with Gasteiger partial charge in [0.05, 0.1) is 6.61 Å². The fourth-order valence-electron chi connectivity index (χ4n) is 2.52. The topological polar surface area (TPSA) is 41.6 Å². The Morgan fingerprint density at radius 3 is 2.45 bits per heavy atom. The molecule has 0 spiro atoms. The molecule has 2 rings (SSSR count). The molecule has 110 valence electrons. The van der Waals surface area contributed by atoms with E-state index in [4.69, 9.17) is 4.74 Å². The minimum Gasteiger partial charge on any atom is -0.464 e. The Bertz CT molecular complexity index is 425. The second-order valence-electron chi connectivity index (χ2n) is 5.10. The van der Waals surface area contributed by atoms with Crippen molar-refractivity contribution in [1.82, 2.24) is 0 Å². The number of hydrogen-bond donors (Lipinski definition) is 1. The van der Waals surface area contributed by atoms with Gasteiger partial charge in [0, 0.05) is 24.5 Å². The molecule has 1 aliphatic rings. The smallest absolute Gasteiger partial charge is 0.328 e. The Morgan fingerprint density at radius 2 is 1.90 bits per heavy atom. The Labute approximate surface area is 121 Å². The van der Waals surface area contributed by atoms with E-state index in [0.717, 1.165) is 18.8 Å². The van der Waals surface area contributed by atoms with Crippen molar-refractivity contribution < 1.29 is 9.53 Å². The number of anilines is 2. The fourth-order valence-corrected chi connectivity index (χ4v) is 2.52. The van der Waals surface area contributed by atoms with Gasteiger partial charge in [0.25, 0.3) is 0 Å². The lowest BCUT2D eigenvalue weighted by molar-refractivity contribution is -0.144. The predicted octanol–water partition coefficient (Wildman–Crippen LogP) is 3.04. The fraction of sp³-hybridized carbons (Fsp3) is 0.562. The molecule has 0 saturated carbocycles. The van der Waals surface area contributed by atoms with Crippen molar-refractivity contribution in [3.05, 3.63) is 24.3 Å². The lowest BCUT2D eigenvalue weighted by Gasteiger charge is -2.20. The molecule has 20 heavy (non-hydrogen) atoms. The van der Waals surface area contributed by atoms with Gasteiger partial charge in [-0.05, 0) is 50.5 Å². The molecular formula is C16H24N2O2. The standard InChI is InChI=1S/C16H24N2O2/c1-3-15(16(19)20-4-2)17-13-7-9-14(10-8-13)18-11-5-6-12-18/h7-10,15,17H,3-6,11-12H2,1-2H3. The third kappa shape index (κ3) is 3.65. The minimum atomic E-state index is -0.271. The lowest BCUT2D eigenvalue weighted by atomic mass is 10.2. The quantitative estimate of drug-likeness (QED) is 0.811. The van der Waals surface area contributed by atoms with Crippen molar-refractivity contribution in [2.75, 3.05) is 29.9 Å². The molecule has 0 amide bonds. The number of nitrogens with one attached hydrogen (secondary N) is 1. The van der Waals surface area contributed by atoms with Crippen LogP contribution in [0.3, 0.4) is 0 Å². The van der Waals surface area contributed by atoms with Crippen LogP contribution >= 0.6 is 0 Å². The van der Waals surface area contributed by atoms with Gasteiger partial charge in [-0.15, -0.1) is 0 Å². The summed E-state index contributed by atoms with van der Waals surface area (Å²) in [7, 11) is 0. The average molecular weight is 276 g/mol. The van der Waals surface area contributed by atoms with Crippen LogP contribution in [0.2, 0.25) is 0 Å². The van der Waals surface area contributed by atoms with Crippen LogP contribution in [0.15, 0.2) is 24.3 Å². The molecule has 1 N–H and O–H groups in total. The van der Waals surface area contributed by atoms with Gasteiger partial charge in [-0.25, -0.2) is 4.79 Å². The van der Waals surface area contributed by atoms with Gasteiger partial charge in [0.15, 0.2) is 0 Å². The maximum Gasteiger partial charge on any atom is 0.328 e. The van der Waals surface area contributed by atoms with Crippen molar-refractivity contribution in [3.63, 3.8) is 0 Å². The lowest BCUT2D eigenvalue weighted by Crippen LogP contribution is -2.30. The monoisotopic (exact) mass is 276 g/mol. The van der Waals surface area contributed by atoms with Gasteiger partial charge in [-0.1, -0.05) is 6.92 Å². The van der Waals surface area contributed by atoms with Crippen LogP contribution in [0.5, 0.6) is 0 Å². The number of rotatable bonds is 6. The van der Waals surface area contributed by atoms with E-state index in [1.807, 2.05) is 26.0 Å². The van der Waals surface area contributed by atoms with E-state index in [2.05, 4.69) is 22.3 Å². The van der Waals surface area contributed by atoms with Gasteiger partial charge in [0.1, 0.15) is 6.04 Å². The molecule has 0 aromatic heterocycles. The minimum absolute atomic E-state index is 0.182. The largest absolute Gasteiger partial charge is 0.464 e. The number of carbonyl (C=O) groups excluding carboxylic acids is 1. The zero-order chi connectivity index (χ0) is 14.4. The predicted molar refractivity (Wildman–Crippen MR) is 82.2 cm³/mol. The molecule has 0 aliphatic carbocycles. The number of nitrogens with zero attached hydrogens (tertiary/aromatic N) is 1. The highest BCUT2D eigenvalue weighted by Crippen LogP contribution is 2.22. The Morgan fingerprint density at radius 1 is 1.25 bits per heavy atom. The summed E-state index contributed by atoms with van der Waals surface area (Å²) >= 11 is 0. The summed E-state index contributed by atoms with van der Waals surface area (Å²) < 4.78 is 5.06. The Kier molecular flexibility index (Phi) is 5.27. The van der Waals surface area contributed by atoms with E-state index in [1.54, 1.807) is 0 Å². The third-order valence-corrected chi connectivity index (χ3v) is 3.66. The zero-order valence-corrected chi connectivity index (χ0v) is 12.4. The summed E-state index contributed by atoms with van der Waals surface area (Å²) in [6.45, 7) is 6.52. The molecule has 0 bridgehead atoms. The summed E-state index contributed by atoms with van der Waals surface area (Å²) in [5.74, 6) is -0.182. The number of hydrogen-bond acceptors (Lipinski definition) is 4. The molecule has 1 unspecified atom stereocenters. The highest BCUT2D eigenvalue weighted by Gasteiger charge is 2.17. The number of carbonyl (C=O) groups is 1. The molecule has 1 saturated heterocycles. The first kappa shape index (κ1) is 14.7. The van der Waals surface area contributed by atoms with E-state index < -0.39 is 0 Å². The molecular weight excluding hydrogens is 252 g/mol.